The summed E-state index contributed by atoms with van der Waals surface area (Å²) in [7, 11) is 0. The molecule has 0 aromatic carbocycles. The van der Waals surface area contributed by atoms with E-state index in [1.165, 1.54) is 0 Å². The Morgan fingerprint density at radius 3 is 2.56 bits per heavy atom. The molecule has 8 nitrogen and oxygen atoms in total. The second-order valence-corrected chi connectivity index (χ2v) is 7.71. The molecule has 1 aromatic rings. The first kappa shape index (κ1) is 18.1. The van der Waals surface area contributed by atoms with Crippen LogP contribution in [0.5, 0.6) is 0 Å². The summed E-state index contributed by atoms with van der Waals surface area (Å²) in [5.74, 6) is 1.26. The van der Waals surface area contributed by atoms with E-state index >= 15 is 0 Å². The molecule has 8 heteroatoms. The summed E-state index contributed by atoms with van der Waals surface area (Å²) in [5, 5.41) is 12.7. The molecule has 3 aliphatic rings. The lowest BCUT2D eigenvalue weighted by molar-refractivity contribution is -0.133. The molecule has 1 N–H and O–H groups in total. The Balaban J connectivity index is 1.36. The van der Waals surface area contributed by atoms with Crippen LogP contribution in [0.1, 0.15) is 25.5 Å². The number of nitriles is 1. The average Bonchev–Trinajstić information content (AvgIpc) is 3.38. The zero-order valence-electron chi connectivity index (χ0n) is 15.8. The smallest absolute Gasteiger partial charge is 0.240 e. The molecule has 0 radical (unpaired) electrons. The molecule has 3 saturated heterocycles. The summed E-state index contributed by atoms with van der Waals surface area (Å²) in [6, 6.07) is 2.45. The summed E-state index contributed by atoms with van der Waals surface area (Å²) < 4.78 is 0. The Morgan fingerprint density at radius 1 is 1.15 bits per heavy atom. The number of anilines is 1. The van der Waals surface area contributed by atoms with Gasteiger partial charge in [0.2, 0.25) is 5.91 Å². The molecule has 0 spiro atoms. The number of amides is 1. The molecule has 1 amide bonds. The van der Waals surface area contributed by atoms with Crippen molar-refractivity contribution in [2.75, 3.05) is 50.7 Å². The Bertz CT molecular complexity index is 719. The van der Waals surface area contributed by atoms with Crippen LogP contribution in [0.2, 0.25) is 0 Å². The molecular weight excluding hydrogens is 342 g/mol. The second kappa shape index (κ2) is 7.79. The van der Waals surface area contributed by atoms with Gasteiger partial charge in [-0.3, -0.25) is 9.69 Å². The van der Waals surface area contributed by atoms with Gasteiger partial charge in [-0.1, -0.05) is 6.92 Å². The molecule has 0 unspecified atom stereocenters. The number of aromatic nitrogens is 2. The van der Waals surface area contributed by atoms with Crippen molar-refractivity contribution in [3.63, 3.8) is 0 Å². The fraction of sp³-hybridized carbons (Fsp3) is 0.684. The van der Waals surface area contributed by atoms with E-state index in [0.29, 0.717) is 23.5 Å². The number of nitrogens with zero attached hydrogens (tertiary/aromatic N) is 6. The number of rotatable bonds is 3. The summed E-state index contributed by atoms with van der Waals surface area (Å²) in [4.78, 5) is 27.9. The number of hydrogen-bond acceptors (Lipinski definition) is 7. The molecule has 3 fully saturated rings. The van der Waals surface area contributed by atoms with Crippen molar-refractivity contribution >= 4 is 11.7 Å². The molecule has 144 valence electrons. The van der Waals surface area contributed by atoms with Gasteiger partial charge in [0.25, 0.3) is 0 Å². The molecule has 3 atom stereocenters. The maximum Gasteiger partial charge on any atom is 0.240 e. The Kier molecular flexibility index (Phi) is 5.23. The normalized spacial score (nSPS) is 29.1. The van der Waals surface area contributed by atoms with E-state index in [0.717, 1.165) is 58.7 Å². The number of carbonyl (C=O) groups is 1. The minimum Gasteiger partial charge on any atom is -0.352 e. The van der Waals surface area contributed by atoms with Gasteiger partial charge in [-0.2, -0.15) is 5.26 Å². The summed E-state index contributed by atoms with van der Waals surface area (Å²) in [6.07, 6.45) is 5.46. The third-order valence-electron chi connectivity index (χ3n) is 6.23. The van der Waals surface area contributed by atoms with Gasteiger partial charge in [0.05, 0.1) is 6.04 Å². The molecule has 0 bridgehead atoms. The first-order valence-corrected chi connectivity index (χ1v) is 9.91. The highest BCUT2D eigenvalue weighted by Gasteiger charge is 2.42. The van der Waals surface area contributed by atoms with Gasteiger partial charge < -0.3 is 15.1 Å². The zero-order chi connectivity index (χ0) is 18.8. The third kappa shape index (κ3) is 3.49. The maximum atomic E-state index is 12.8. The topological polar surface area (TPSA) is 88.4 Å². The SMILES string of the molecule is C[C@@H]1[C@@H](C(=O)N2CCCC2)NC[C@H]1N1CCN(c2nccnc2C#N)CC1. The molecule has 3 aliphatic heterocycles. The van der Waals surface area contributed by atoms with E-state index in [1.807, 2.05) is 4.90 Å². The van der Waals surface area contributed by atoms with E-state index in [1.54, 1.807) is 12.4 Å². The van der Waals surface area contributed by atoms with Gasteiger partial charge in [-0.25, -0.2) is 9.97 Å². The fourth-order valence-electron chi connectivity index (χ4n) is 4.66. The van der Waals surface area contributed by atoms with Crippen molar-refractivity contribution in [3.8, 4) is 6.07 Å². The van der Waals surface area contributed by atoms with Crippen LogP contribution in [-0.2, 0) is 4.79 Å². The van der Waals surface area contributed by atoms with Gasteiger partial charge >= 0.3 is 0 Å². The summed E-state index contributed by atoms with van der Waals surface area (Å²) in [6.45, 7) is 8.33. The van der Waals surface area contributed by atoms with Crippen molar-refractivity contribution in [1.29, 1.82) is 5.26 Å². The standard InChI is InChI=1S/C19H27N7O/c1-14-16(13-23-17(14)19(27)26-6-2-3-7-26)24-8-10-25(11-9-24)18-15(12-20)21-4-5-22-18/h4-5,14,16-17,23H,2-3,6-11,13H2,1H3/t14-,16+,17-/m0/s1. The lowest BCUT2D eigenvalue weighted by Gasteiger charge is -2.40. The molecule has 1 aromatic heterocycles. The first-order valence-electron chi connectivity index (χ1n) is 9.91. The summed E-state index contributed by atoms with van der Waals surface area (Å²) in [5.41, 5.74) is 0.387. The molecule has 4 rings (SSSR count). The van der Waals surface area contributed by atoms with Crippen molar-refractivity contribution in [1.82, 2.24) is 25.1 Å². The second-order valence-electron chi connectivity index (χ2n) is 7.71. The zero-order valence-corrected chi connectivity index (χ0v) is 15.8. The van der Waals surface area contributed by atoms with E-state index < -0.39 is 0 Å². The van der Waals surface area contributed by atoms with Crippen molar-refractivity contribution in [2.24, 2.45) is 5.92 Å². The average molecular weight is 369 g/mol. The highest BCUT2D eigenvalue weighted by Crippen LogP contribution is 2.26. The minimum atomic E-state index is -0.0590. The van der Waals surface area contributed by atoms with Crippen LogP contribution >= 0.6 is 0 Å². The predicted octanol–water partition coefficient (Wildman–Crippen LogP) is 0.0692. The van der Waals surface area contributed by atoms with E-state index in [2.05, 4.69) is 38.1 Å². The van der Waals surface area contributed by atoms with Crippen LogP contribution in [0.15, 0.2) is 12.4 Å². The van der Waals surface area contributed by atoms with Gasteiger partial charge in [0, 0.05) is 64.2 Å². The Morgan fingerprint density at radius 2 is 1.85 bits per heavy atom. The maximum absolute atomic E-state index is 12.8. The van der Waals surface area contributed by atoms with Crippen molar-refractivity contribution < 1.29 is 4.79 Å². The van der Waals surface area contributed by atoms with E-state index in [4.69, 9.17) is 0 Å². The number of likely N-dealkylation sites (tertiary alicyclic amines) is 1. The Hall–Kier alpha value is -2.24. The van der Waals surface area contributed by atoms with Crippen molar-refractivity contribution in [2.45, 2.75) is 31.8 Å². The van der Waals surface area contributed by atoms with Crippen LogP contribution in [0.25, 0.3) is 0 Å². The van der Waals surface area contributed by atoms with E-state index in [9.17, 15) is 10.1 Å². The summed E-state index contributed by atoms with van der Waals surface area (Å²) >= 11 is 0. The fourth-order valence-corrected chi connectivity index (χ4v) is 4.66. The molecule has 27 heavy (non-hydrogen) atoms. The number of carbonyl (C=O) groups excluding carboxylic acids is 1. The number of nitrogens with one attached hydrogen (secondary N) is 1. The third-order valence-corrected chi connectivity index (χ3v) is 6.23. The van der Waals surface area contributed by atoms with Crippen LogP contribution in [0.3, 0.4) is 0 Å². The van der Waals surface area contributed by atoms with Crippen LogP contribution in [0, 0.1) is 17.2 Å². The molecule has 0 aliphatic carbocycles. The predicted molar refractivity (Wildman–Crippen MR) is 101 cm³/mol. The lowest BCUT2D eigenvalue weighted by atomic mass is 9.96. The number of piperazine rings is 1. The molecule has 0 saturated carbocycles. The molecular formula is C19H27N7O. The quantitative estimate of drug-likeness (QED) is 0.806. The van der Waals surface area contributed by atoms with Crippen LogP contribution < -0.4 is 10.2 Å². The van der Waals surface area contributed by atoms with Gasteiger partial charge in [-0.05, 0) is 18.8 Å². The minimum absolute atomic E-state index is 0.0590. The molecule has 4 heterocycles. The van der Waals surface area contributed by atoms with Gasteiger partial charge in [-0.15, -0.1) is 0 Å². The van der Waals surface area contributed by atoms with E-state index in [-0.39, 0.29) is 11.9 Å². The van der Waals surface area contributed by atoms with Gasteiger partial charge in [0.1, 0.15) is 6.07 Å². The first-order chi connectivity index (χ1) is 13.2. The highest BCUT2D eigenvalue weighted by atomic mass is 16.2. The van der Waals surface area contributed by atoms with Crippen LogP contribution in [-0.4, -0.2) is 83.6 Å². The highest BCUT2D eigenvalue weighted by molar-refractivity contribution is 5.83. The lowest BCUT2D eigenvalue weighted by Crippen LogP contribution is -2.53. The van der Waals surface area contributed by atoms with Crippen molar-refractivity contribution in [3.05, 3.63) is 18.1 Å². The largest absolute Gasteiger partial charge is 0.352 e. The Labute approximate surface area is 160 Å². The number of hydrogen-bond donors (Lipinski definition) is 1. The van der Waals surface area contributed by atoms with Crippen LogP contribution in [0.4, 0.5) is 5.82 Å². The monoisotopic (exact) mass is 369 g/mol. The van der Waals surface area contributed by atoms with Gasteiger partial charge in [0.15, 0.2) is 11.5 Å².